The zero-order valence-corrected chi connectivity index (χ0v) is 8.62. The molecule has 0 unspecified atom stereocenters. The average molecular weight is 181 g/mol. The lowest BCUT2D eigenvalue weighted by Crippen LogP contribution is -2.40. The summed E-state index contributed by atoms with van der Waals surface area (Å²) in [4.78, 5) is 13.9. The predicted molar refractivity (Wildman–Crippen MR) is 52.2 cm³/mol. The van der Waals surface area contributed by atoms with Gasteiger partial charge in [-0.3, -0.25) is 4.79 Å². The van der Waals surface area contributed by atoms with Crippen LogP contribution < -0.4 is 0 Å². The van der Waals surface area contributed by atoms with Crippen LogP contribution in [-0.2, 0) is 4.79 Å². The predicted octanol–water partition coefficient (Wildman–Crippen LogP) is 1.90. The third-order valence-electron chi connectivity index (χ3n) is 3.40. The zero-order chi connectivity index (χ0) is 9.42. The molecule has 0 aromatic carbocycles. The van der Waals surface area contributed by atoms with E-state index in [9.17, 15) is 4.79 Å². The molecule has 0 bridgehead atoms. The van der Waals surface area contributed by atoms with E-state index in [1.807, 2.05) is 0 Å². The van der Waals surface area contributed by atoms with E-state index in [1.54, 1.807) is 0 Å². The van der Waals surface area contributed by atoms with E-state index in [4.69, 9.17) is 0 Å². The fraction of sp³-hybridized carbons (Fsp3) is 0.909. The van der Waals surface area contributed by atoms with E-state index < -0.39 is 0 Å². The Bertz CT molecular complexity index is 214. The summed E-state index contributed by atoms with van der Waals surface area (Å²) in [7, 11) is 0. The molecule has 0 radical (unpaired) electrons. The van der Waals surface area contributed by atoms with Crippen LogP contribution in [0.1, 0.15) is 33.1 Å². The van der Waals surface area contributed by atoms with Gasteiger partial charge in [-0.15, -0.1) is 0 Å². The Morgan fingerprint density at radius 3 is 2.62 bits per heavy atom. The summed E-state index contributed by atoms with van der Waals surface area (Å²) in [6, 6.07) is 0. The smallest absolute Gasteiger partial charge is 0.225 e. The second-order valence-corrected chi connectivity index (χ2v) is 4.85. The van der Waals surface area contributed by atoms with Crippen LogP contribution in [0.5, 0.6) is 0 Å². The lowest BCUT2D eigenvalue weighted by Gasteiger charge is -2.31. The highest BCUT2D eigenvalue weighted by molar-refractivity contribution is 5.81. The van der Waals surface area contributed by atoms with Crippen molar-refractivity contribution in [3.05, 3.63) is 0 Å². The van der Waals surface area contributed by atoms with Crippen molar-refractivity contribution in [3.8, 4) is 0 Å². The second-order valence-electron chi connectivity index (χ2n) is 4.85. The molecule has 0 aromatic heterocycles. The Morgan fingerprint density at radius 1 is 1.38 bits per heavy atom. The lowest BCUT2D eigenvalue weighted by atomic mass is 10.00. The summed E-state index contributed by atoms with van der Waals surface area (Å²) < 4.78 is 0. The molecule has 1 saturated carbocycles. The van der Waals surface area contributed by atoms with Gasteiger partial charge in [-0.1, -0.05) is 13.8 Å². The van der Waals surface area contributed by atoms with Crippen LogP contribution in [0.15, 0.2) is 0 Å². The summed E-state index contributed by atoms with van der Waals surface area (Å²) in [5, 5.41) is 0. The van der Waals surface area contributed by atoms with Crippen LogP contribution in [0.4, 0.5) is 0 Å². The minimum Gasteiger partial charge on any atom is -0.342 e. The molecule has 3 atom stereocenters. The number of piperidine rings is 1. The van der Waals surface area contributed by atoms with Crippen molar-refractivity contribution in [1.82, 2.24) is 4.90 Å². The van der Waals surface area contributed by atoms with Gasteiger partial charge in [-0.2, -0.15) is 0 Å². The molecular weight excluding hydrogens is 162 g/mol. The summed E-state index contributed by atoms with van der Waals surface area (Å²) in [5.41, 5.74) is 0. The van der Waals surface area contributed by atoms with Gasteiger partial charge in [-0.25, -0.2) is 0 Å². The van der Waals surface area contributed by atoms with Gasteiger partial charge in [0.15, 0.2) is 0 Å². The number of nitrogens with zero attached hydrogens (tertiary/aromatic N) is 1. The molecule has 0 N–H and O–H groups in total. The minimum atomic E-state index is 0.380. The molecule has 0 aromatic rings. The molecule has 2 aliphatic rings. The summed E-state index contributed by atoms with van der Waals surface area (Å²) >= 11 is 0. The Labute approximate surface area is 80.3 Å². The quantitative estimate of drug-likeness (QED) is 0.605. The van der Waals surface area contributed by atoms with E-state index in [0.29, 0.717) is 23.7 Å². The fourth-order valence-corrected chi connectivity index (χ4v) is 2.29. The van der Waals surface area contributed by atoms with Crippen LogP contribution in [0.2, 0.25) is 0 Å². The Hall–Kier alpha value is -0.530. The van der Waals surface area contributed by atoms with Crippen molar-refractivity contribution < 1.29 is 4.79 Å². The highest BCUT2D eigenvalue weighted by atomic mass is 16.2. The number of rotatable bonds is 1. The Balaban J connectivity index is 1.88. The van der Waals surface area contributed by atoms with E-state index in [-0.39, 0.29) is 0 Å². The molecule has 1 heterocycles. The third kappa shape index (κ3) is 1.87. The zero-order valence-electron chi connectivity index (χ0n) is 8.62. The van der Waals surface area contributed by atoms with E-state index in [2.05, 4.69) is 18.7 Å². The molecule has 2 fully saturated rings. The van der Waals surface area contributed by atoms with Crippen LogP contribution in [0.3, 0.4) is 0 Å². The van der Waals surface area contributed by atoms with Crippen molar-refractivity contribution in [2.24, 2.45) is 17.8 Å². The average Bonchev–Trinajstić information content (AvgIpc) is 2.81. The Kier molecular flexibility index (Phi) is 2.31. The van der Waals surface area contributed by atoms with E-state index in [0.717, 1.165) is 19.5 Å². The van der Waals surface area contributed by atoms with Gasteiger partial charge in [0.05, 0.1) is 0 Å². The van der Waals surface area contributed by atoms with Crippen LogP contribution >= 0.6 is 0 Å². The van der Waals surface area contributed by atoms with Gasteiger partial charge < -0.3 is 4.90 Å². The van der Waals surface area contributed by atoms with Gasteiger partial charge >= 0.3 is 0 Å². The summed E-state index contributed by atoms with van der Waals surface area (Å²) in [5.74, 6) is 2.18. The SMILES string of the molecule is C[C@H]1CCCN(C(=O)[C@H]2C[C@@H]2C)C1. The van der Waals surface area contributed by atoms with Gasteiger partial charge in [0.1, 0.15) is 0 Å². The Morgan fingerprint density at radius 2 is 2.08 bits per heavy atom. The number of hydrogen-bond acceptors (Lipinski definition) is 1. The van der Waals surface area contributed by atoms with E-state index >= 15 is 0 Å². The van der Waals surface area contributed by atoms with Crippen molar-refractivity contribution in [2.75, 3.05) is 13.1 Å². The lowest BCUT2D eigenvalue weighted by molar-refractivity contribution is -0.134. The topological polar surface area (TPSA) is 20.3 Å². The normalized spacial score (nSPS) is 38.9. The summed E-state index contributed by atoms with van der Waals surface area (Å²) in [6.45, 7) is 6.43. The molecular formula is C11H19NO. The minimum absolute atomic E-state index is 0.380. The first-order valence-corrected chi connectivity index (χ1v) is 5.47. The number of amides is 1. The van der Waals surface area contributed by atoms with Gasteiger partial charge in [0.25, 0.3) is 0 Å². The maximum absolute atomic E-state index is 11.8. The molecule has 1 amide bonds. The first-order valence-electron chi connectivity index (χ1n) is 5.47. The summed E-state index contributed by atoms with van der Waals surface area (Å²) in [6.07, 6.45) is 3.63. The first-order chi connectivity index (χ1) is 6.18. The molecule has 74 valence electrons. The molecule has 2 nitrogen and oxygen atoms in total. The maximum atomic E-state index is 11.8. The largest absolute Gasteiger partial charge is 0.342 e. The van der Waals surface area contributed by atoms with Crippen LogP contribution in [0, 0.1) is 17.8 Å². The molecule has 1 aliphatic carbocycles. The van der Waals surface area contributed by atoms with Gasteiger partial charge in [0, 0.05) is 19.0 Å². The molecule has 2 heteroatoms. The van der Waals surface area contributed by atoms with Crippen molar-refractivity contribution in [3.63, 3.8) is 0 Å². The number of carbonyl (C=O) groups excluding carboxylic acids is 1. The third-order valence-corrected chi connectivity index (χ3v) is 3.40. The standard InChI is InChI=1S/C11H19NO/c1-8-4-3-5-12(7-8)11(13)10-6-9(10)2/h8-10H,3-7H2,1-2H3/t8-,9-,10-/m0/s1. The molecule has 1 saturated heterocycles. The number of hydrogen-bond donors (Lipinski definition) is 0. The van der Waals surface area contributed by atoms with Crippen molar-refractivity contribution in [1.29, 1.82) is 0 Å². The van der Waals surface area contributed by atoms with Crippen molar-refractivity contribution in [2.45, 2.75) is 33.1 Å². The fourth-order valence-electron chi connectivity index (χ4n) is 2.29. The molecule has 1 aliphatic heterocycles. The van der Waals surface area contributed by atoms with Gasteiger partial charge in [0.2, 0.25) is 5.91 Å². The highest BCUT2D eigenvalue weighted by Crippen LogP contribution is 2.39. The molecule has 0 spiro atoms. The first kappa shape index (κ1) is 9.04. The molecule has 13 heavy (non-hydrogen) atoms. The van der Waals surface area contributed by atoms with Crippen molar-refractivity contribution >= 4 is 5.91 Å². The van der Waals surface area contributed by atoms with E-state index in [1.165, 1.54) is 12.8 Å². The second kappa shape index (κ2) is 3.32. The number of likely N-dealkylation sites (tertiary alicyclic amines) is 1. The maximum Gasteiger partial charge on any atom is 0.225 e. The van der Waals surface area contributed by atoms with Gasteiger partial charge in [-0.05, 0) is 31.1 Å². The number of carbonyl (C=O) groups is 1. The van der Waals surface area contributed by atoms with Crippen LogP contribution in [0.25, 0.3) is 0 Å². The highest BCUT2D eigenvalue weighted by Gasteiger charge is 2.41. The monoisotopic (exact) mass is 181 g/mol. The van der Waals surface area contributed by atoms with Crippen LogP contribution in [-0.4, -0.2) is 23.9 Å². The molecule has 2 rings (SSSR count).